The van der Waals surface area contributed by atoms with Crippen LogP contribution in [-0.2, 0) is 30.8 Å². The number of piperidine rings is 1. The first-order chi connectivity index (χ1) is 17.6. The zero-order chi connectivity index (χ0) is 25.0. The monoisotopic (exact) mass is 488 g/mol. The lowest BCUT2D eigenvalue weighted by molar-refractivity contribution is -0.134. The molecule has 2 saturated heterocycles. The highest BCUT2D eigenvalue weighted by molar-refractivity contribution is 6.07. The molecule has 8 heteroatoms. The van der Waals surface area contributed by atoms with Crippen LogP contribution in [0.25, 0.3) is 0 Å². The maximum atomic E-state index is 13.9. The second-order valence-corrected chi connectivity index (χ2v) is 9.67. The van der Waals surface area contributed by atoms with Crippen LogP contribution in [0.4, 0.5) is 4.79 Å². The number of imide groups is 1. The van der Waals surface area contributed by atoms with Crippen molar-refractivity contribution in [3.8, 4) is 0 Å². The van der Waals surface area contributed by atoms with Gasteiger partial charge in [-0.05, 0) is 61.7 Å². The van der Waals surface area contributed by atoms with Crippen molar-refractivity contribution in [2.75, 3.05) is 19.6 Å². The van der Waals surface area contributed by atoms with E-state index in [1.54, 1.807) is 12.3 Å². The van der Waals surface area contributed by atoms with Crippen molar-refractivity contribution in [2.45, 2.75) is 44.4 Å². The molecule has 1 atom stereocenters. The Hall–Kier alpha value is -3.49. The molecule has 0 radical (unpaired) electrons. The molecule has 2 aromatic heterocycles. The molecule has 0 saturated carbocycles. The Morgan fingerprint density at radius 1 is 1.00 bits per heavy atom. The first kappa shape index (κ1) is 24.2. The van der Waals surface area contributed by atoms with Crippen molar-refractivity contribution in [2.24, 2.45) is 5.92 Å². The van der Waals surface area contributed by atoms with Crippen molar-refractivity contribution >= 4 is 11.9 Å². The number of nitrogens with one attached hydrogen (secondary N) is 1. The van der Waals surface area contributed by atoms with Gasteiger partial charge in [-0.15, -0.1) is 0 Å². The van der Waals surface area contributed by atoms with E-state index in [0.29, 0.717) is 31.7 Å². The molecule has 2 aliphatic rings. The van der Waals surface area contributed by atoms with Gasteiger partial charge in [-0.3, -0.25) is 19.6 Å². The molecule has 2 N–H and O–H groups in total. The largest absolute Gasteiger partial charge is 0.462 e. The van der Waals surface area contributed by atoms with Crippen molar-refractivity contribution in [1.29, 1.82) is 0 Å². The molecule has 0 aliphatic carbocycles. The van der Waals surface area contributed by atoms with Crippen LogP contribution in [0.15, 0.2) is 71.3 Å². The van der Waals surface area contributed by atoms with E-state index < -0.39 is 5.54 Å². The topological polar surface area (TPSA) is 98.9 Å². The molecule has 0 bridgehead atoms. The number of urea groups is 1. The Bertz CT molecular complexity index is 1170. The van der Waals surface area contributed by atoms with Gasteiger partial charge in [0.1, 0.15) is 23.7 Å². The van der Waals surface area contributed by atoms with Crippen LogP contribution in [0.5, 0.6) is 0 Å². The fourth-order valence-electron chi connectivity index (χ4n) is 5.48. The number of nitrogens with zero attached hydrogens (tertiary/aromatic N) is 3. The van der Waals surface area contributed by atoms with Crippen LogP contribution in [0.3, 0.4) is 0 Å². The Kier molecular flexibility index (Phi) is 7.16. The van der Waals surface area contributed by atoms with Crippen molar-refractivity contribution in [1.82, 2.24) is 20.1 Å². The van der Waals surface area contributed by atoms with Crippen molar-refractivity contribution in [3.63, 3.8) is 0 Å². The quantitative estimate of drug-likeness (QED) is 0.449. The van der Waals surface area contributed by atoms with Gasteiger partial charge in [-0.25, -0.2) is 4.79 Å². The Morgan fingerprint density at radius 3 is 2.44 bits per heavy atom. The number of pyridine rings is 1. The highest BCUT2D eigenvalue weighted by Gasteiger charge is 2.55. The van der Waals surface area contributed by atoms with E-state index in [2.05, 4.69) is 15.2 Å². The van der Waals surface area contributed by atoms with E-state index in [-0.39, 0.29) is 24.5 Å². The lowest BCUT2D eigenvalue weighted by Gasteiger charge is -2.41. The average Bonchev–Trinajstić information content (AvgIpc) is 3.46. The van der Waals surface area contributed by atoms with Gasteiger partial charge in [-0.1, -0.05) is 36.4 Å². The third-order valence-electron chi connectivity index (χ3n) is 7.38. The number of rotatable bonds is 9. The maximum Gasteiger partial charge on any atom is 0.325 e. The van der Waals surface area contributed by atoms with Gasteiger partial charge in [-0.2, -0.15) is 0 Å². The summed E-state index contributed by atoms with van der Waals surface area (Å²) in [5.41, 5.74) is 0.935. The number of carbonyl (C=O) groups excluding carboxylic acids is 2. The molecular formula is C28H32N4O4. The summed E-state index contributed by atoms with van der Waals surface area (Å²) in [5, 5.41) is 12.4. The maximum absolute atomic E-state index is 13.9. The van der Waals surface area contributed by atoms with Crippen LogP contribution < -0.4 is 5.32 Å². The number of hydrogen-bond acceptors (Lipinski definition) is 6. The molecule has 0 spiro atoms. The third kappa shape index (κ3) is 5.05. The Morgan fingerprint density at radius 2 is 1.75 bits per heavy atom. The van der Waals surface area contributed by atoms with Gasteiger partial charge in [0.15, 0.2) is 0 Å². The molecule has 5 rings (SSSR count). The fraction of sp³-hybridized carbons (Fsp3) is 0.393. The van der Waals surface area contributed by atoms with Gasteiger partial charge >= 0.3 is 6.03 Å². The van der Waals surface area contributed by atoms with E-state index in [4.69, 9.17) is 4.42 Å². The molecular weight excluding hydrogens is 456 g/mol. The van der Waals surface area contributed by atoms with Gasteiger partial charge in [0.05, 0.1) is 6.54 Å². The average molecular weight is 489 g/mol. The Labute approximate surface area is 210 Å². The summed E-state index contributed by atoms with van der Waals surface area (Å²) in [6.07, 6.45) is 4.31. The standard InChI is InChI=1S/C28H32N4O4/c33-20-25-10-9-24(36-25)19-31-15-11-22(12-16-31)28(18-21-6-2-1-3-7-21)26(34)32(27(35)30-28)17-13-23-8-4-5-14-29-23/h1-10,14,22,33H,11-13,15-20H2,(H,30,35)/t28-/m0/s1. The smallest absolute Gasteiger partial charge is 0.325 e. The molecule has 36 heavy (non-hydrogen) atoms. The number of furan rings is 1. The molecule has 2 aliphatic heterocycles. The van der Waals surface area contributed by atoms with Gasteiger partial charge in [0.25, 0.3) is 5.91 Å². The van der Waals surface area contributed by atoms with Gasteiger partial charge in [0.2, 0.25) is 0 Å². The number of aliphatic hydroxyl groups excluding tert-OH is 1. The van der Waals surface area contributed by atoms with Crippen molar-refractivity contribution < 1.29 is 19.1 Å². The van der Waals surface area contributed by atoms with Crippen LogP contribution in [-0.4, -0.2) is 57.0 Å². The second-order valence-electron chi connectivity index (χ2n) is 9.67. The third-order valence-corrected chi connectivity index (χ3v) is 7.38. The normalized spacial score (nSPS) is 21.2. The minimum Gasteiger partial charge on any atom is -0.462 e. The summed E-state index contributed by atoms with van der Waals surface area (Å²) >= 11 is 0. The molecule has 4 heterocycles. The zero-order valence-electron chi connectivity index (χ0n) is 20.3. The van der Waals surface area contributed by atoms with E-state index in [1.807, 2.05) is 54.6 Å². The molecule has 2 fully saturated rings. The van der Waals surface area contributed by atoms with Crippen LogP contribution in [0.2, 0.25) is 0 Å². The van der Waals surface area contributed by atoms with Crippen LogP contribution >= 0.6 is 0 Å². The molecule has 1 aromatic carbocycles. The fourth-order valence-corrected chi connectivity index (χ4v) is 5.48. The number of amides is 3. The summed E-state index contributed by atoms with van der Waals surface area (Å²) in [6.45, 7) is 2.46. The minimum absolute atomic E-state index is 0.0230. The van der Waals surface area contributed by atoms with Crippen LogP contribution in [0, 0.1) is 5.92 Å². The molecule has 3 amide bonds. The number of aliphatic hydroxyl groups is 1. The molecule has 188 valence electrons. The number of carbonyl (C=O) groups is 2. The highest BCUT2D eigenvalue weighted by Crippen LogP contribution is 2.37. The van der Waals surface area contributed by atoms with E-state index >= 15 is 0 Å². The predicted octanol–water partition coefficient (Wildman–Crippen LogP) is 3.15. The SMILES string of the molecule is O=C1N[C@@](Cc2ccccc2)(C2CCN(Cc3ccc(CO)o3)CC2)C(=O)N1CCc1ccccn1. The van der Waals surface area contributed by atoms with E-state index in [9.17, 15) is 14.7 Å². The van der Waals surface area contributed by atoms with Crippen molar-refractivity contribution in [3.05, 3.63) is 89.6 Å². The summed E-state index contributed by atoms with van der Waals surface area (Å²) in [4.78, 5) is 35.1. The van der Waals surface area contributed by atoms with E-state index in [0.717, 1.165) is 42.9 Å². The Balaban J connectivity index is 1.31. The molecule has 8 nitrogen and oxygen atoms in total. The predicted molar refractivity (Wildman–Crippen MR) is 134 cm³/mol. The van der Waals surface area contributed by atoms with E-state index in [1.165, 1.54) is 4.90 Å². The van der Waals surface area contributed by atoms with Gasteiger partial charge < -0.3 is 14.8 Å². The molecule has 3 aromatic rings. The summed E-state index contributed by atoms with van der Waals surface area (Å²) in [5.74, 6) is 1.27. The highest BCUT2D eigenvalue weighted by atomic mass is 16.4. The number of aromatic nitrogens is 1. The first-order valence-electron chi connectivity index (χ1n) is 12.6. The summed E-state index contributed by atoms with van der Waals surface area (Å²) < 4.78 is 5.66. The first-order valence-corrected chi connectivity index (χ1v) is 12.6. The lowest BCUT2D eigenvalue weighted by Crippen LogP contribution is -2.57. The lowest BCUT2D eigenvalue weighted by atomic mass is 9.74. The summed E-state index contributed by atoms with van der Waals surface area (Å²) in [6, 6.07) is 19.0. The number of hydrogen-bond donors (Lipinski definition) is 2. The zero-order valence-corrected chi connectivity index (χ0v) is 20.3. The number of benzene rings is 1. The van der Waals surface area contributed by atoms with Crippen LogP contribution in [0.1, 0.15) is 35.6 Å². The number of likely N-dealkylation sites (tertiary alicyclic amines) is 1. The second kappa shape index (κ2) is 10.6. The summed E-state index contributed by atoms with van der Waals surface area (Å²) in [7, 11) is 0. The van der Waals surface area contributed by atoms with Gasteiger partial charge in [0, 0.05) is 31.3 Å². The minimum atomic E-state index is -0.955. The molecule has 0 unspecified atom stereocenters.